The van der Waals surface area contributed by atoms with Crippen LogP contribution in [0.5, 0.6) is 0 Å². The summed E-state index contributed by atoms with van der Waals surface area (Å²) in [5.41, 5.74) is 6.00. The number of imidazole rings is 1. The van der Waals surface area contributed by atoms with Crippen molar-refractivity contribution in [3.8, 4) is 0 Å². The zero-order valence-electron chi connectivity index (χ0n) is 19.1. The van der Waals surface area contributed by atoms with Gasteiger partial charge in [0.05, 0.1) is 16.7 Å². The number of nitrogens with zero attached hydrogens (tertiary/aromatic N) is 4. The molecule has 0 fully saturated rings. The second kappa shape index (κ2) is 9.50. The van der Waals surface area contributed by atoms with Gasteiger partial charge in [-0.2, -0.15) is 10.2 Å². The number of para-hydroxylation sites is 2. The fourth-order valence-corrected chi connectivity index (χ4v) is 4.38. The molecule has 0 aliphatic rings. The van der Waals surface area contributed by atoms with Gasteiger partial charge >= 0.3 is 0 Å². The summed E-state index contributed by atoms with van der Waals surface area (Å²) in [6.45, 7) is 9.99. The molecule has 0 saturated heterocycles. The van der Waals surface area contributed by atoms with Crippen LogP contribution in [0.15, 0.2) is 42.7 Å². The van der Waals surface area contributed by atoms with Crippen LogP contribution in [0.1, 0.15) is 50.5 Å². The van der Waals surface area contributed by atoms with Crippen molar-refractivity contribution in [1.82, 2.24) is 29.9 Å². The molecule has 0 bridgehead atoms. The highest BCUT2D eigenvalue weighted by Gasteiger charge is 2.16. The molecule has 31 heavy (non-hydrogen) atoms. The Hall–Kier alpha value is -2.89. The van der Waals surface area contributed by atoms with Gasteiger partial charge in [-0.15, -0.1) is 0 Å². The molecule has 4 aromatic rings. The van der Waals surface area contributed by atoms with Crippen LogP contribution in [0.2, 0.25) is 0 Å². The third kappa shape index (κ3) is 5.43. The first-order valence-electron chi connectivity index (χ1n) is 11.4. The molecule has 6 nitrogen and oxygen atoms in total. The molecule has 0 aliphatic heterocycles. The lowest BCUT2D eigenvalue weighted by atomic mass is 9.97. The van der Waals surface area contributed by atoms with Gasteiger partial charge in [0.1, 0.15) is 5.82 Å². The highest BCUT2D eigenvalue weighted by atomic mass is 15.3. The minimum Gasteiger partial charge on any atom is -0.342 e. The van der Waals surface area contributed by atoms with E-state index < -0.39 is 0 Å². The lowest BCUT2D eigenvalue weighted by Crippen LogP contribution is -2.16. The summed E-state index contributed by atoms with van der Waals surface area (Å²) in [5.74, 6) is 2.65. The van der Waals surface area contributed by atoms with Crippen LogP contribution in [-0.2, 0) is 32.2 Å². The Bertz CT molecular complexity index is 1070. The first-order valence-corrected chi connectivity index (χ1v) is 11.4. The number of benzene rings is 1. The van der Waals surface area contributed by atoms with Gasteiger partial charge in [-0.05, 0) is 60.8 Å². The molecule has 3 heterocycles. The van der Waals surface area contributed by atoms with Crippen molar-refractivity contribution in [2.24, 2.45) is 17.8 Å². The normalized spacial score (nSPS) is 13.8. The van der Waals surface area contributed by atoms with Crippen LogP contribution < -0.4 is 0 Å². The molecule has 0 amide bonds. The molecular weight excluding hydrogens is 384 g/mol. The Morgan fingerprint density at radius 1 is 0.935 bits per heavy atom. The van der Waals surface area contributed by atoms with Crippen molar-refractivity contribution in [2.45, 2.75) is 59.9 Å². The van der Waals surface area contributed by atoms with E-state index in [1.54, 1.807) is 0 Å². The first kappa shape index (κ1) is 21.3. The van der Waals surface area contributed by atoms with Crippen LogP contribution in [-0.4, -0.2) is 29.9 Å². The largest absolute Gasteiger partial charge is 0.342 e. The molecule has 3 aromatic heterocycles. The average Bonchev–Trinajstić information content (AvgIpc) is 3.42. The lowest BCUT2D eigenvalue weighted by Gasteiger charge is -2.16. The minimum absolute atomic E-state index is 0.484. The Kier molecular flexibility index (Phi) is 6.54. The number of H-pyrrole nitrogens is 2. The van der Waals surface area contributed by atoms with E-state index in [2.05, 4.69) is 77.1 Å². The van der Waals surface area contributed by atoms with Crippen molar-refractivity contribution in [3.05, 3.63) is 65.5 Å². The van der Waals surface area contributed by atoms with Gasteiger partial charge in [0.25, 0.3) is 0 Å². The lowest BCUT2D eigenvalue weighted by molar-refractivity contribution is 0.423. The first-order chi connectivity index (χ1) is 15.0. The predicted octanol–water partition coefficient (Wildman–Crippen LogP) is 4.98. The molecule has 164 valence electrons. The van der Waals surface area contributed by atoms with E-state index in [0.29, 0.717) is 17.8 Å². The topological polar surface area (TPSA) is 75.2 Å². The number of nitrogens with one attached hydrogen (secondary N) is 2. The Morgan fingerprint density at radius 3 is 2.58 bits per heavy atom. The number of rotatable bonds is 10. The SMILES string of the molecule is CC(C)Cc1n[nH]cc1CC(C)Cn1nccc1CC(C)Cc1nc2ccccc2[nH]1. The molecule has 0 aliphatic carbocycles. The number of hydrogen-bond donors (Lipinski definition) is 2. The predicted molar refractivity (Wildman–Crippen MR) is 125 cm³/mol. The average molecular weight is 419 g/mol. The van der Waals surface area contributed by atoms with E-state index in [0.717, 1.165) is 49.1 Å². The summed E-state index contributed by atoms with van der Waals surface area (Å²) in [6, 6.07) is 10.4. The van der Waals surface area contributed by atoms with E-state index in [1.165, 1.54) is 17.0 Å². The molecule has 6 heteroatoms. The highest BCUT2D eigenvalue weighted by Crippen LogP contribution is 2.19. The van der Waals surface area contributed by atoms with Crippen LogP contribution >= 0.6 is 0 Å². The molecule has 2 atom stereocenters. The minimum atomic E-state index is 0.484. The zero-order chi connectivity index (χ0) is 21.8. The van der Waals surface area contributed by atoms with Crippen molar-refractivity contribution in [2.75, 3.05) is 0 Å². The summed E-state index contributed by atoms with van der Waals surface area (Å²) in [4.78, 5) is 8.19. The van der Waals surface area contributed by atoms with E-state index in [1.807, 2.05) is 18.3 Å². The number of aromatic amines is 2. The van der Waals surface area contributed by atoms with Crippen molar-refractivity contribution in [3.63, 3.8) is 0 Å². The van der Waals surface area contributed by atoms with Gasteiger partial charge in [-0.25, -0.2) is 4.98 Å². The van der Waals surface area contributed by atoms with E-state index in [9.17, 15) is 0 Å². The number of fused-ring (bicyclic) bond motifs is 1. The standard InChI is InChI=1S/C25H34N6/c1-17(2)11-24-20(15-26-30-24)12-19(4)16-31-21(9-10-27-31)13-18(3)14-25-28-22-7-5-6-8-23(22)29-25/h5-10,15,17-19H,11-14,16H2,1-4H3,(H,26,30)(H,28,29). The van der Waals surface area contributed by atoms with Crippen molar-refractivity contribution >= 4 is 11.0 Å². The fourth-order valence-electron chi connectivity index (χ4n) is 4.38. The fraction of sp³-hybridized carbons (Fsp3) is 0.480. The summed E-state index contributed by atoms with van der Waals surface area (Å²) in [5, 5.41) is 12.1. The Balaban J connectivity index is 1.35. The third-order valence-corrected chi connectivity index (χ3v) is 5.81. The molecule has 2 unspecified atom stereocenters. The molecule has 4 rings (SSSR count). The molecule has 0 radical (unpaired) electrons. The number of hydrogen-bond acceptors (Lipinski definition) is 3. The summed E-state index contributed by atoms with van der Waals surface area (Å²) in [7, 11) is 0. The second-order valence-corrected chi connectivity index (χ2v) is 9.48. The van der Waals surface area contributed by atoms with Gasteiger partial charge in [-0.1, -0.05) is 39.8 Å². The van der Waals surface area contributed by atoms with Crippen LogP contribution in [0.4, 0.5) is 0 Å². The maximum absolute atomic E-state index is 4.74. The van der Waals surface area contributed by atoms with Crippen LogP contribution in [0.3, 0.4) is 0 Å². The molecule has 0 spiro atoms. The highest BCUT2D eigenvalue weighted by molar-refractivity contribution is 5.74. The molecule has 2 N–H and O–H groups in total. The zero-order valence-corrected chi connectivity index (χ0v) is 19.1. The van der Waals surface area contributed by atoms with Gasteiger partial charge in [0, 0.05) is 31.1 Å². The van der Waals surface area contributed by atoms with Gasteiger partial charge in [-0.3, -0.25) is 9.78 Å². The van der Waals surface area contributed by atoms with Crippen LogP contribution in [0.25, 0.3) is 11.0 Å². The maximum Gasteiger partial charge on any atom is 0.107 e. The second-order valence-electron chi connectivity index (χ2n) is 9.48. The summed E-state index contributed by atoms with van der Waals surface area (Å²) < 4.78 is 2.18. The number of aromatic nitrogens is 6. The smallest absolute Gasteiger partial charge is 0.107 e. The van der Waals surface area contributed by atoms with Gasteiger partial charge in [0.15, 0.2) is 0 Å². The third-order valence-electron chi connectivity index (χ3n) is 5.81. The molecular formula is C25H34N6. The van der Waals surface area contributed by atoms with Crippen molar-refractivity contribution in [1.29, 1.82) is 0 Å². The quantitative estimate of drug-likeness (QED) is 0.381. The summed E-state index contributed by atoms with van der Waals surface area (Å²) in [6.07, 6.45) is 7.97. The maximum atomic E-state index is 4.74. The summed E-state index contributed by atoms with van der Waals surface area (Å²) >= 11 is 0. The van der Waals surface area contributed by atoms with E-state index in [-0.39, 0.29) is 0 Å². The van der Waals surface area contributed by atoms with E-state index in [4.69, 9.17) is 4.98 Å². The Morgan fingerprint density at radius 2 is 1.77 bits per heavy atom. The molecule has 1 aromatic carbocycles. The Labute approximate surface area is 184 Å². The van der Waals surface area contributed by atoms with E-state index >= 15 is 0 Å². The van der Waals surface area contributed by atoms with Gasteiger partial charge in [0.2, 0.25) is 0 Å². The van der Waals surface area contributed by atoms with Gasteiger partial charge < -0.3 is 4.98 Å². The van der Waals surface area contributed by atoms with Crippen LogP contribution in [0, 0.1) is 17.8 Å². The van der Waals surface area contributed by atoms with Crippen molar-refractivity contribution < 1.29 is 0 Å². The monoisotopic (exact) mass is 418 g/mol. The molecule has 0 saturated carbocycles.